The zero-order chi connectivity index (χ0) is 7.02. The second-order valence-electron chi connectivity index (χ2n) is 3.09. The van der Waals surface area contributed by atoms with Crippen LogP contribution >= 0.6 is 0 Å². The van der Waals surface area contributed by atoms with E-state index >= 15 is 0 Å². The number of hydrogen-bond donors (Lipinski definition) is 1. The van der Waals surface area contributed by atoms with E-state index in [1.165, 1.54) is 0 Å². The van der Waals surface area contributed by atoms with E-state index in [0.717, 1.165) is 6.42 Å². The van der Waals surface area contributed by atoms with Crippen LogP contribution in [0.15, 0.2) is 0 Å². The van der Waals surface area contributed by atoms with Crippen molar-refractivity contribution in [2.45, 2.75) is 20.3 Å². The van der Waals surface area contributed by atoms with Gasteiger partial charge in [-0.2, -0.15) is 0 Å². The summed E-state index contributed by atoms with van der Waals surface area (Å²) < 4.78 is 0. The summed E-state index contributed by atoms with van der Waals surface area (Å²) in [5.41, 5.74) is 0. The van der Waals surface area contributed by atoms with Gasteiger partial charge in [0.05, 0.1) is 5.92 Å². The number of aliphatic carboxylic acids is 1. The molecule has 0 unspecified atom stereocenters. The first kappa shape index (κ1) is 6.59. The van der Waals surface area contributed by atoms with E-state index in [0.29, 0.717) is 11.8 Å². The van der Waals surface area contributed by atoms with E-state index in [2.05, 4.69) is 13.8 Å². The quantitative estimate of drug-likeness (QED) is 0.609. The second kappa shape index (κ2) is 2.01. The van der Waals surface area contributed by atoms with Crippen LogP contribution in [0.1, 0.15) is 20.3 Å². The predicted molar refractivity (Wildman–Crippen MR) is 34.1 cm³/mol. The average Bonchev–Trinajstić information content (AvgIpc) is 2.39. The highest BCUT2D eigenvalue weighted by Gasteiger charge is 2.44. The van der Waals surface area contributed by atoms with Crippen LogP contribution in [0.4, 0.5) is 0 Å². The Kier molecular flexibility index (Phi) is 1.47. The van der Waals surface area contributed by atoms with E-state index in [4.69, 9.17) is 5.11 Å². The molecule has 2 heteroatoms. The standard InChI is InChI=1S/C7H12O2/c1-4(2)5-3-6(5)7(8)9/h4-6H,3H2,1-2H3,(H,8,9)/t5-,6+/m1/s1. The van der Waals surface area contributed by atoms with E-state index in [1.54, 1.807) is 0 Å². The molecule has 0 aromatic carbocycles. The molecule has 9 heavy (non-hydrogen) atoms. The maximum absolute atomic E-state index is 10.3. The number of carbonyl (C=O) groups is 1. The van der Waals surface area contributed by atoms with Crippen LogP contribution < -0.4 is 0 Å². The van der Waals surface area contributed by atoms with Crippen LogP contribution in [0.3, 0.4) is 0 Å². The molecule has 0 heterocycles. The third-order valence-electron chi connectivity index (χ3n) is 2.01. The molecule has 1 rings (SSSR count). The fourth-order valence-corrected chi connectivity index (χ4v) is 1.24. The summed E-state index contributed by atoms with van der Waals surface area (Å²) >= 11 is 0. The van der Waals surface area contributed by atoms with Gasteiger partial charge in [0.15, 0.2) is 0 Å². The summed E-state index contributed by atoms with van der Waals surface area (Å²) in [6, 6.07) is 0. The maximum atomic E-state index is 10.3. The molecule has 2 nitrogen and oxygen atoms in total. The Morgan fingerprint density at radius 2 is 2.22 bits per heavy atom. The van der Waals surface area contributed by atoms with Crippen molar-refractivity contribution in [2.75, 3.05) is 0 Å². The van der Waals surface area contributed by atoms with Gasteiger partial charge >= 0.3 is 5.97 Å². The molecule has 0 aromatic rings. The van der Waals surface area contributed by atoms with Crippen molar-refractivity contribution in [1.82, 2.24) is 0 Å². The van der Waals surface area contributed by atoms with Gasteiger partial charge in [-0.05, 0) is 18.3 Å². The van der Waals surface area contributed by atoms with Crippen molar-refractivity contribution < 1.29 is 9.90 Å². The van der Waals surface area contributed by atoms with Crippen LogP contribution in [-0.4, -0.2) is 11.1 Å². The molecule has 0 aliphatic heterocycles. The molecule has 1 N–H and O–H groups in total. The molecule has 0 saturated heterocycles. The molecule has 1 saturated carbocycles. The lowest BCUT2D eigenvalue weighted by atomic mass is 10.1. The molecule has 0 aromatic heterocycles. The smallest absolute Gasteiger partial charge is 0.306 e. The van der Waals surface area contributed by atoms with Crippen LogP contribution in [-0.2, 0) is 4.79 Å². The van der Waals surface area contributed by atoms with Crippen LogP contribution in [0, 0.1) is 17.8 Å². The van der Waals surface area contributed by atoms with Gasteiger partial charge in [-0.1, -0.05) is 13.8 Å². The first-order valence-corrected chi connectivity index (χ1v) is 3.35. The minimum atomic E-state index is -0.617. The summed E-state index contributed by atoms with van der Waals surface area (Å²) in [6.45, 7) is 4.15. The summed E-state index contributed by atoms with van der Waals surface area (Å²) in [5.74, 6) is 0.368. The van der Waals surface area contributed by atoms with Crippen LogP contribution in [0.5, 0.6) is 0 Å². The largest absolute Gasteiger partial charge is 0.481 e. The Labute approximate surface area is 54.9 Å². The highest BCUT2D eigenvalue weighted by molar-refractivity contribution is 5.73. The third kappa shape index (κ3) is 1.23. The number of hydrogen-bond acceptors (Lipinski definition) is 1. The number of rotatable bonds is 2. The van der Waals surface area contributed by atoms with Crippen molar-refractivity contribution in [2.24, 2.45) is 17.8 Å². The van der Waals surface area contributed by atoms with Crippen molar-refractivity contribution in [3.05, 3.63) is 0 Å². The molecular weight excluding hydrogens is 116 g/mol. The third-order valence-corrected chi connectivity index (χ3v) is 2.01. The Hall–Kier alpha value is -0.530. The highest BCUT2D eigenvalue weighted by atomic mass is 16.4. The van der Waals surface area contributed by atoms with Gasteiger partial charge in [0.1, 0.15) is 0 Å². The van der Waals surface area contributed by atoms with Gasteiger partial charge in [-0.25, -0.2) is 0 Å². The van der Waals surface area contributed by atoms with Crippen molar-refractivity contribution >= 4 is 5.97 Å². The molecule has 1 aliphatic rings. The summed E-state index contributed by atoms with van der Waals surface area (Å²) in [5, 5.41) is 8.47. The van der Waals surface area contributed by atoms with E-state index < -0.39 is 5.97 Å². The molecule has 52 valence electrons. The minimum absolute atomic E-state index is 0.0231. The van der Waals surface area contributed by atoms with Crippen LogP contribution in [0.25, 0.3) is 0 Å². The Balaban J connectivity index is 2.33. The molecule has 0 bridgehead atoms. The lowest BCUT2D eigenvalue weighted by Crippen LogP contribution is -2.02. The Morgan fingerprint density at radius 3 is 2.33 bits per heavy atom. The van der Waals surface area contributed by atoms with Crippen molar-refractivity contribution in [3.63, 3.8) is 0 Å². The van der Waals surface area contributed by atoms with Crippen molar-refractivity contribution in [3.8, 4) is 0 Å². The number of carboxylic acids is 1. The van der Waals surface area contributed by atoms with Gasteiger partial charge in [0, 0.05) is 0 Å². The first-order chi connectivity index (χ1) is 4.13. The first-order valence-electron chi connectivity index (χ1n) is 3.35. The van der Waals surface area contributed by atoms with E-state index in [-0.39, 0.29) is 5.92 Å². The lowest BCUT2D eigenvalue weighted by Gasteiger charge is -1.97. The summed E-state index contributed by atoms with van der Waals surface area (Å²) in [7, 11) is 0. The molecule has 1 aliphatic carbocycles. The lowest BCUT2D eigenvalue weighted by molar-refractivity contribution is -0.139. The molecule has 0 amide bonds. The predicted octanol–water partition coefficient (Wildman–Crippen LogP) is 1.36. The molecular formula is C7H12O2. The summed E-state index contributed by atoms with van der Waals surface area (Å²) in [4.78, 5) is 10.3. The number of carboxylic acid groups (broad SMARTS) is 1. The summed E-state index contributed by atoms with van der Waals surface area (Å²) in [6.07, 6.45) is 0.896. The second-order valence-corrected chi connectivity index (χ2v) is 3.09. The zero-order valence-electron chi connectivity index (χ0n) is 5.79. The normalized spacial score (nSPS) is 32.8. The molecule has 0 radical (unpaired) electrons. The fraction of sp³-hybridized carbons (Fsp3) is 0.857. The molecule has 1 fully saturated rings. The Bertz CT molecular complexity index is 129. The zero-order valence-corrected chi connectivity index (χ0v) is 5.79. The molecule has 0 spiro atoms. The van der Waals surface area contributed by atoms with Crippen LogP contribution in [0.2, 0.25) is 0 Å². The fourth-order valence-electron chi connectivity index (χ4n) is 1.24. The van der Waals surface area contributed by atoms with Gasteiger partial charge in [0.25, 0.3) is 0 Å². The monoisotopic (exact) mass is 128 g/mol. The Morgan fingerprint density at radius 1 is 1.67 bits per heavy atom. The van der Waals surface area contributed by atoms with E-state index in [1.807, 2.05) is 0 Å². The topological polar surface area (TPSA) is 37.3 Å². The van der Waals surface area contributed by atoms with Gasteiger partial charge < -0.3 is 5.11 Å². The van der Waals surface area contributed by atoms with Gasteiger partial charge in [-0.15, -0.1) is 0 Å². The van der Waals surface area contributed by atoms with E-state index in [9.17, 15) is 4.79 Å². The molecule has 2 atom stereocenters. The average molecular weight is 128 g/mol. The minimum Gasteiger partial charge on any atom is -0.481 e. The van der Waals surface area contributed by atoms with Gasteiger partial charge in [-0.3, -0.25) is 4.79 Å². The van der Waals surface area contributed by atoms with Crippen molar-refractivity contribution in [1.29, 1.82) is 0 Å². The van der Waals surface area contributed by atoms with Gasteiger partial charge in [0.2, 0.25) is 0 Å². The highest BCUT2D eigenvalue weighted by Crippen LogP contribution is 2.43. The maximum Gasteiger partial charge on any atom is 0.306 e. The SMILES string of the molecule is CC(C)[C@H]1C[C@@H]1C(=O)O.